The number of pyridine rings is 1. The van der Waals surface area contributed by atoms with Crippen LogP contribution in [0.2, 0.25) is 0 Å². The molecule has 0 amide bonds. The molecule has 0 saturated carbocycles. The number of aliphatic hydroxyl groups excluding tert-OH is 1. The Kier molecular flexibility index (Phi) is 6.13. The molecule has 134 valence electrons. The van der Waals surface area contributed by atoms with Crippen molar-refractivity contribution in [2.45, 2.75) is 32.5 Å². The Labute approximate surface area is 148 Å². The minimum atomic E-state index is -0.203. The van der Waals surface area contributed by atoms with Crippen LogP contribution in [0.15, 0.2) is 42.5 Å². The van der Waals surface area contributed by atoms with Gasteiger partial charge in [0.1, 0.15) is 5.82 Å². The second-order valence-electron chi connectivity index (χ2n) is 6.77. The molecule has 1 aliphatic rings. The molecular formula is C20H26FN3O. The van der Waals surface area contributed by atoms with Gasteiger partial charge in [0.05, 0.1) is 5.69 Å². The zero-order valence-electron chi connectivity index (χ0n) is 14.7. The second-order valence-corrected chi connectivity index (χ2v) is 6.77. The van der Waals surface area contributed by atoms with Crippen molar-refractivity contribution in [1.29, 1.82) is 0 Å². The smallest absolute Gasteiger partial charge is 0.123 e. The Morgan fingerprint density at radius 2 is 1.92 bits per heavy atom. The van der Waals surface area contributed by atoms with Crippen LogP contribution in [0.4, 0.5) is 4.39 Å². The number of piperazine rings is 1. The summed E-state index contributed by atoms with van der Waals surface area (Å²) in [5.41, 5.74) is 3.24. The number of aliphatic hydroxyl groups is 1. The molecule has 1 atom stereocenters. The van der Waals surface area contributed by atoms with E-state index in [2.05, 4.69) is 20.9 Å². The monoisotopic (exact) mass is 343 g/mol. The van der Waals surface area contributed by atoms with Crippen LogP contribution in [0.5, 0.6) is 0 Å². The van der Waals surface area contributed by atoms with E-state index < -0.39 is 0 Å². The third-order valence-corrected chi connectivity index (χ3v) is 4.78. The molecule has 1 unspecified atom stereocenters. The van der Waals surface area contributed by atoms with Gasteiger partial charge < -0.3 is 5.11 Å². The van der Waals surface area contributed by atoms with Gasteiger partial charge in [0, 0.05) is 51.1 Å². The van der Waals surface area contributed by atoms with E-state index in [1.165, 1.54) is 12.1 Å². The third kappa shape index (κ3) is 5.08. The molecule has 1 aromatic carbocycles. The summed E-state index contributed by atoms with van der Waals surface area (Å²) in [6.07, 6.45) is 0.749. The van der Waals surface area contributed by atoms with Crippen molar-refractivity contribution in [2.24, 2.45) is 0 Å². The van der Waals surface area contributed by atoms with Gasteiger partial charge in [-0.2, -0.15) is 0 Å². The van der Waals surface area contributed by atoms with Crippen molar-refractivity contribution in [3.05, 3.63) is 65.2 Å². The maximum Gasteiger partial charge on any atom is 0.123 e. The van der Waals surface area contributed by atoms with Crippen LogP contribution in [-0.4, -0.2) is 52.2 Å². The van der Waals surface area contributed by atoms with E-state index in [0.717, 1.165) is 56.1 Å². The van der Waals surface area contributed by atoms with Gasteiger partial charge in [-0.25, -0.2) is 4.39 Å². The SMILES string of the molecule is Cc1cccc(CN2CCN(Cc3ccc(F)cc3)C(CCO)C2)n1. The standard InChI is InChI=1S/C20H26FN3O/c1-16-3-2-4-19(22-16)14-23-10-11-24(20(15-23)9-12-25)13-17-5-7-18(21)8-6-17/h2-8,20,25H,9-15H2,1H3. The highest BCUT2D eigenvalue weighted by Crippen LogP contribution is 2.18. The summed E-state index contributed by atoms with van der Waals surface area (Å²) in [5.74, 6) is -0.203. The van der Waals surface area contributed by atoms with Crippen LogP contribution in [0, 0.1) is 12.7 Å². The molecule has 5 heteroatoms. The van der Waals surface area contributed by atoms with Crippen LogP contribution in [-0.2, 0) is 13.1 Å². The average Bonchev–Trinajstić information content (AvgIpc) is 2.59. The molecule has 0 radical (unpaired) electrons. The first-order valence-electron chi connectivity index (χ1n) is 8.88. The summed E-state index contributed by atoms with van der Waals surface area (Å²) >= 11 is 0. The summed E-state index contributed by atoms with van der Waals surface area (Å²) < 4.78 is 13.1. The van der Waals surface area contributed by atoms with Gasteiger partial charge in [-0.05, 0) is 43.2 Å². The number of benzene rings is 1. The summed E-state index contributed by atoms with van der Waals surface area (Å²) in [5, 5.41) is 9.44. The summed E-state index contributed by atoms with van der Waals surface area (Å²) in [6.45, 7) is 6.65. The number of aromatic nitrogens is 1. The van der Waals surface area contributed by atoms with Crippen molar-refractivity contribution >= 4 is 0 Å². The largest absolute Gasteiger partial charge is 0.396 e. The van der Waals surface area contributed by atoms with E-state index in [1.807, 2.05) is 31.2 Å². The first-order valence-corrected chi connectivity index (χ1v) is 8.88. The number of rotatable bonds is 6. The van der Waals surface area contributed by atoms with Crippen LogP contribution < -0.4 is 0 Å². The zero-order valence-corrected chi connectivity index (χ0v) is 14.7. The van der Waals surface area contributed by atoms with Crippen molar-refractivity contribution in [3.63, 3.8) is 0 Å². The van der Waals surface area contributed by atoms with Crippen LogP contribution in [0.25, 0.3) is 0 Å². The van der Waals surface area contributed by atoms with Crippen molar-refractivity contribution in [2.75, 3.05) is 26.2 Å². The van der Waals surface area contributed by atoms with E-state index >= 15 is 0 Å². The Balaban J connectivity index is 1.62. The summed E-state index contributed by atoms with van der Waals surface area (Å²) in [6, 6.07) is 13.1. The highest BCUT2D eigenvalue weighted by molar-refractivity contribution is 5.16. The molecule has 0 spiro atoms. The highest BCUT2D eigenvalue weighted by atomic mass is 19.1. The molecule has 0 aliphatic carbocycles. The number of nitrogens with zero attached hydrogens (tertiary/aromatic N) is 3. The van der Waals surface area contributed by atoms with E-state index in [-0.39, 0.29) is 12.4 Å². The van der Waals surface area contributed by atoms with Gasteiger partial charge in [0.2, 0.25) is 0 Å². The van der Waals surface area contributed by atoms with Gasteiger partial charge in [0.25, 0.3) is 0 Å². The minimum absolute atomic E-state index is 0.182. The first-order chi connectivity index (χ1) is 12.1. The zero-order chi connectivity index (χ0) is 17.6. The molecular weight excluding hydrogens is 317 g/mol. The lowest BCUT2D eigenvalue weighted by Gasteiger charge is -2.41. The van der Waals surface area contributed by atoms with Gasteiger partial charge in [0.15, 0.2) is 0 Å². The van der Waals surface area contributed by atoms with Gasteiger partial charge in [-0.1, -0.05) is 18.2 Å². The van der Waals surface area contributed by atoms with E-state index in [0.29, 0.717) is 6.04 Å². The number of aryl methyl sites for hydroxylation is 1. The van der Waals surface area contributed by atoms with Gasteiger partial charge in [-0.15, -0.1) is 0 Å². The molecule has 1 N–H and O–H groups in total. The number of hydrogen-bond acceptors (Lipinski definition) is 4. The summed E-state index contributed by atoms with van der Waals surface area (Å²) in [4.78, 5) is 9.39. The Hall–Kier alpha value is -1.82. The fourth-order valence-corrected chi connectivity index (χ4v) is 3.47. The molecule has 4 nitrogen and oxygen atoms in total. The molecule has 25 heavy (non-hydrogen) atoms. The topological polar surface area (TPSA) is 39.6 Å². The Morgan fingerprint density at radius 1 is 1.12 bits per heavy atom. The quantitative estimate of drug-likeness (QED) is 0.875. The summed E-state index contributed by atoms with van der Waals surface area (Å²) in [7, 11) is 0. The third-order valence-electron chi connectivity index (χ3n) is 4.78. The average molecular weight is 343 g/mol. The van der Waals surface area contributed by atoms with Gasteiger partial charge in [-0.3, -0.25) is 14.8 Å². The maximum absolute atomic E-state index is 13.1. The van der Waals surface area contributed by atoms with E-state index in [9.17, 15) is 9.50 Å². The second kappa shape index (κ2) is 8.52. The highest BCUT2D eigenvalue weighted by Gasteiger charge is 2.26. The van der Waals surface area contributed by atoms with E-state index in [1.54, 1.807) is 0 Å². The minimum Gasteiger partial charge on any atom is -0.396 e. The fraction of sp³-hybridized carbons (Fsp3) is 0.450. The fourth-order valence-electron chi connectivity index (χ4n) is 3.47. The van der Waals surface area contributed by atoms with Gasteiger partial charge >= 0.3 is 0 Å². The maximum atomic E-state index is 13.1. The lowest BCUT2D eigenvalue weighted by Crippen LogP contribution is -2.52. The van der Waals surface area contributed by atoms with E-state index in [4.69, 9.17) is 0 Å². The molecule has 1 saturated heterocycles. The first kappa shape index (κ1) is 18.0. The molecule has 2 aromatic rings. The Morgan fingerprint density at radius 3 is 2.64 bits per heavy atom. The van der Waals surface area contributed by atoms with Crippen LogP contribution in [0.3, 0.4) is 0 Å². The van der Waals surface area contributed by atoms with Crippen LogP contribution in [0.1, 0.15) is 23.4 Å². The molecule has 2 heterocycles. The molecule has 0 bridgehead atoms. The predicted molar refractivity (Wildman–Crippen MR) is 96.6 cm³/mol. The van der Waals surface area contributed by atoms with Crippen molar-refractivity contribution in [3.8, 4) is 0 Å². The lowest BCUT2D eigenvalue weighted by molar-refractivity contribution is 0.0494. The molecule has 1 fully saturated rings. The van der Waals surface area contributed by atoms with Crippen molar-refractivity contribution in [1.82, 2.24) is 14.8 Å². The molecule has 1 aliphatic heterocycles. The number of halogens is 1. The van der Waals surface area contributed by atoms with Crippen molar-refractivity contribution < 1.29 is 9.50 Å². The molecule has 1 aromatic heterocycles. The Bertz CT molecular complexity index is 677. The predicted octanol–water partition coefficient (Wildman–Crippen LogP) is 2.60. The van der Waals surface area contributed by atoms with Crippen LogP contribution >= 0.6 is 0 Å². The number of hydrogen-bond donors (Lipinski definition) is 1. The molecule has 3 rings (SSSR count). The lowest BCUT2D eigenvalue weighted by atomic mass is 10.1. The normalized spacial score (nSPS) is 19.2.